The first-order chi connectivity index (χ1) is 11.7. The lowest BCUT2D eigenvalue weighted by Crippen LogP contribution is -2.24. The van der Waals surface area contributed by atoms with Gasteiger partial charge in [-0.15, -0.1) is 0 Å². The molecule has 2 heterocycles. The van der Waals surface area contributed by atoms with E-state index in [1.54, 1.807) is 7.11 Å². The molecule has 0 saturated carbocycles. The summed E-state index contributed by atoms with van der Waals surface area (Å²) in [5, 5.41) is 0.908. The molecule has 0 saturated heterocycles. The van der Waals surface area contributed by atoms with Crippen LogP contribution >= 0.6 is 0 Å². The second-order valence-electron chi connectivity index (χ2n) is 8.18. The SMILES string of the molecule is CCOc1c(C2=C(C(C)(C)C)C(C)(C)CO2)oc2ccc(OC)cc12. The van der Waals surface area contributed by atoms with Gasteiger partial charge in [-0.3, -0.25) is 0 Å². The molecule has 4 nitrogen and oxygen atoms in total. The first-order valence-corrected chi connectivity index (χ1v) is 8.80. The van der Waals surface area contributed by atoms with Gasteiger partial charge in [0.1, 0.15) is 11.3 Å². The Morgan fingerprint density at radius 1 is 1.20 bits per heavy atom. The summed E-state index contributed by atoms with van der Waals surface area (Å²) in [7, 11) is 1.66. The molecule has 0 amide bonds. The minimum absolute atomic E-state index is 0.0323. The first kappa shape index (κ1) is 17.7. The number of rotatable bonds is 4. The molecule has 1 aliphatic heterocycles. The van der Waals surface area contributed by atoms with Gasteiger partial charge in [-0.25, -0.2) is 0 Å². The zero-order valence-electron chi connectivity index (χ0n) is 16.3. The van der Waals surface area contributed by atoms with E-state index in [0.717, 1.165) is 28.2 Å². The molecule has 1 aliphatic rings. The van der Waals surface area contributed by atoms with Gasteiger partial charge < -0.3 is 18.6 Å². The van der Waals surface area contributed by atoms with E-state index >= 15 is 0 Å². The highest BCUT2D eigenvalue weighted by molar-refractivity contribution is 5.91. The molecule has 25 heavy (non-hydrogen) atoms. The summed E-state index contributed by atoms with van der Waals surface area (Å²) in [6.07, 6.45) is 0. The molecule has 0 N–H and O–H groups in total. The van der Waals surface area contributed by atoms with E-state index in [4.69, 9.17) is 18.6 Å². The van der Waals surface area contributed by atoms with Crippen LogP contribution in [-0.4, -0.2) is 20.3 Å². The zero-order valence-corrected chi connectivity index (χ0v) is 16.3. The van der Waals surface area contributed by atoms with E-state index in [1.165, 1.54) is 5.57 Å². The highest BCUT2D eigenvalue weighted by Gasteiger charge is 2.43. The van der Waals surface area contributed by atoms with Gasteiger partial charge in [0.15, 0.2) is 11.5 Å². The first-order valence-electron chi connectivity index (χ1n) is 8.80. The Hall–Kier alpha value is -2.10. The van der Waals surface area contributed by atoms with Crippen LogP contribution in [0.1, 0.15) is 47.3 Å². The van der Waals surface area contributed by atoms with Gasteiger partial charge in [-0.05, 0) is 36.1 Å². The summed E-state index contributed by atoms with van der Waals surface area (Å²) in [6, 6.07) is 5.76. The van der Waals surface area contributed by atoms with Crippen molar-refractivity contribution in [2.24, 2.45) is 10.8 Å². The van der Waals surface area contributed by atoms with Crippen LogP contribution in [0.25, 0.3) is 16.7 Å². The van der Waals surface area contributed by atoms with Crippen LogP contribution in [0.3, 0.4) is 0 Å². The van der Waals surface area contributed by atoms with Crippen molar-refractivity contribution in [2.45, 2.75) is 41.5 Å². The molecule has 0 radical (unpaired) electrons. The Morgan fingerprint density at radius 3 is 2.52 bits per heavy atom. The summed E-state index contributed by atoms with van der Waals surface area (Å²) in [5.41, 5.74) is 1.95. The summed E-state index contributed by atoms with van der Waals surface area (Å²) in [5.74, 6) is 3.00. The van der Waals surface area contributed by atoms with Crippen molar-refractivity contribution in [1.82, 2.24) is 0 Å². The Kier molecular flexibility index (Phi) is 4.26. The minimum atomic E-state index is -0.0479. The molecule has 0 fully saturated rings. The summed E-state index contributed by atoms with van der Waals surface area (Å²) < 4.78 is 23.7. The predicted molar refractivity (Wildman–Crippen MR) is 100 cm³/mol. The molecule has 136 valence electrons. The molecule has 1 aromatic carbocycles. The largest absolute Gasteiger partial charge is 0.497 e. The molecule has 0 unspecified atom stereocenters. The molecule has 0 aliphatic carbocycles. The van der Waals surface area contributed by atoms with Crippen molar-refractivity contribution in [3.63, 3.8) is 0 Å². The van der Waals surface area contributed by atoms with Crippen LogP contribution in [-0.2, 0) is 4.74 Å². The van der Waals surface area contributed by atoms with E-state index in [0.29, 0.717) is 19.0 Å². The normalized spacial score (nSPS) is 17.1. The molecule has 1 aromatic heterocycles. The lowest BCUT2D eigenvalue weighted by Gasteiger charge is -2.30. The van der Waals surface area contributed by atoms with E-state index < -0.39 is 0 Å². The third-order valence-electron chi connectivity index (χ3n) is 4.58. The number of methoxy groups -OCH3 is 1. The summed E-state index contributed by atoms with van der Waals surface area (Å²) in [6.45, 7) is 14.2. The molecule has 2 aromatic rings. The van der Waals surface area contributed by atoms with E-state index in [2.05, 4.69) is 34.6 Å². The lowest BCUT2D eigenvalue weighted by molar-refractivity contribution is 0.209. The Morgan fingerprint density at radius 2 is 1.92 bits per heavy atom. The maximum atomic E-state index is 6.19. The fourth-order valence-electron chi connectivity index (χ4n) is 3.86. The zero-order chi connectivity index (χ0) is 18.4. The molecule has 3 rings (SSSR count). The number of hydrogen-bond donors (Lipinski definition) is 0. The lowest BCUT2D eigenvalue weighted by atomic mass is 9.71. The highest BCUT2D eigenvalue weighted by Crippen LogP contribution is 2.52. The van der Waals surface area contributed by atoms with Crippen LogP contribution < -0.4 is 9.47 Å². The van der Waals surface area contributed by atoms with Gasteiger partial charge in [0.2, 0.25) is 5.76 Å². The average Bonchev–Trinajstić information content (AvgIpc) is 3.04. The monoisotopic (exact) mass is 344 g/mol. The molecule has 0 bridgehead atoms. The van der Waals surface area contributed by atoms with Crippen LogP contribution in [0.15, 0.2) is 28.2 Å². The van der Waals surface area contributed by atoms with Crippen LogP contribution in [0, 0.1) is 10.8 Å². The van der Waals surface area contributed by atoms with Gasteiger partial charge in [-0.1, -0.05) is 34.6 Å². The number of fused-ring (bicyclic) bond motifs is 1. The fraction of sp³-hybridized carbons (Fsp3) is 0.524. The highest BCUT2D eigenvalue weighted by atomic mass is 16.5. The van der Waals surface area contributed by atoms with Crippen molar-refractivity contribution in [1.29, 1.82) is 0 Å². The van der Waals surface area contributed by atoms with E-state index in [9.17, 15) is 0 Å². The smallest absolute Gasteiger partial charge is 0.211 e. The third kappa shape index (κ3) is 2.99. The maximum absolute atomic E-state index is 6.19. The average molecular weight is 344 g/mol. The number of benzene rings is 1. The Bertz CT molecular complexity index is 818. The summed E-state index contributed by atoms with van der Waals surface area (Å²) >= 11 is 0. The Balaban J connectivity index is 2.29. The summed E-state index contributed by atoms with van der Waals surface area (Å²) in [4.78, 5) is 0. The van der Waals surface area contributed by atoms with Gasteiger partial charge in [0.25, 0.3) is 0 Å². The van der Waals surface area contributed by atoms with Gasteiger partial charge >= 0.3 is 0 Å². The third-order valence-corrected chi connectivity index (χ3v) is 4.58. The van der Waals surface area contributed by atoms with Gasteiger partial charge in [0.05, 0.1) is 25.7 Å². The van der Waals surface area contributed by atoms with Crippen molar-refractivity contribution >= 4 is 16.7 Å². The van der Waals surface area contributed by atoms with Gasteiger partial charge in [0, 0.05) is 5.41 Å². The molecular formula is C21H28O4. The molecule has 0 spiro atoms. The maximum Gasteiger partial charge on any atom is 0.211 e. The van der Waals surface area contributed by atoms with Gasteiger partial charge in [-0.2, -0.15) is 0 Å². The fourth-order valence-corrected chi connectivity index (χ4v) is 3.86. The quantitative estimate of drug-likeness (QED) is 0.718. The second-order valence-corrected chi connectivity index (χ2v) is 8.18. The number of furan rings is 1. The van der Waals surface area contributed by atoms with Crippen LogP contribution in [0.4, 0.5) is 0 Å². The number of ether oxygens (including phenoxy) is 3. The second kappa shape index (κ2) is 6.01. The number of hydrogen-bond acceptors (Lipinski definition) is 4. The topological polar surface area (TPSA) is 40.8 Å². The van der Waals surface area contributed by atoms with Crippen molar-refractivity contribution < 1.29 is 18.6 Å². The van der Waals surface area contributed by atoms with Crippen LogP contribution in [0.5, 0.6) is 11.5 Å². The standard InChI is InChI=1S/C21H28O4/c1-8-23-16-14-11-13(22-7)9-10-15(14)25-17(16)18-19(20(2,3)4)21(5,6)12-24-18/h9-11H,8,12H2,1-7H3. The van der Waals surface area contributed by atoms with Crippen molar-refractivity contribution in [2.75, 3.05) is 20.3 Å². The molecule has 4 heteroatoms. The van der Waals surface area contributed by atoms with E-state index in [1.807, 2.05) is 25.1 Å². The van der Waals surface area contributed by atoms with E-state index in [-0.39, 0.29) is 10.8 Å². The predicted octanol–water partition coefficient (Wildman–Crippen LogP) is 5.65. The van der Waals surface area contributed by atoms with Crippen molar-refractivity contribution in [3.8, 4) is 11.5 Å². The molecular weight excluding hydrogens is 316 g/mol. The Labute approximate surface area is 149 Å². The minimum Gasteiger partial charge on any atom is -0.497 e. The molecule has 0 atom stereocenters. The van der Waals surface area contributed by atoms with Crippen molar-refractivity contribution in [3.05, 3.63) is 29.5 Å². The van der Waals surface area contributed by atoms with Crippen LogP contribution in [0.2, 0.25) is 0 Å².